The number of urea groups is 1. The molecular weight excluding hydrogens is 233 g/mol. The van der Waals surface area contributed by atoms with E-state index in [1.807, 2.05) is 5.32 Å². The number of carbonyl (C=O) groups is 1. The Balaban J connectivity index is 3.27. The van der Waals surface area contributed by atoms with Crippen LogP contribution in [0.2, 0.25) is 5.02 Å². The zero-order valence-electron chi connectivity index (χ0n) is 7.23. The number of hydrogen-bond donors (Lipinski definition) is 2. The van der Waals surface area contributed by atoms with Crippen LogP contribution in [0.4, 0.5) is 23.7 Å². The quantitative estimate of drug-likeness (QED) is 0.777. The Kier molecular flexibility index (Phi) is 3.09. The summed E-state index contributed by atoms with van der Waals surface area (Å²) in [5.41, 5.74) is 3.16. The SMILES string of the molecule is NC(=O)Nc1cccc(Cl)c1C(F)(F)F. The second-order valence-corrected chi connectivity index (χ2v) is 3.06. The maximum atomic E-state index is 12.5. The van der Waals surface area contributed by atoms with Crippen LogP contribution >= 0.6 is 11.6 Å². The molecule has 1 aromatic carbocycles. The van der Waals surface area contributed by atoms with Crippen LogP contribution in [0.3, 0.4) is 0 Å². The highest BCUT2D eigenvalue weighted by Gasteiger charge is 2.36. The van der Waals surface area contributed by atoms with Crippen molar-refractivity contribution in [1.82, 2.24) is 0 Å². The number of anilines is 1. The molecule has 0 saturated heterocycles. The molecule has 0 radical (unpaired) electrons. The average Bonchev–Trinajstić information content (AvgIpc) is 1.99. The molecule has 3 nitrogen and oxygen atoms in total. The van der Waals surface area contributed by atoms with Crippen LogP contribution in [0.25, 0.3) is 0 Å². The lowest BCUT2D eigenvalue weighted by Crippen LogP contribution is -2.22. The Bertz CT molecular complexity index is 392. The molecule has 0 saturated carbocycles. The van der Waals surface area contributed by atoms with Crippen molar-refractivity contribution in [3.05, 3.63) is 28.8 Å². The first-order valence-corrected chi connectivity index (χ1v) is 4.12. The van der Waals surface area contributed by atoms with Gasteiger partial charge in [0.05, 0.1) is 16.3 Å². The number of amides is 2. The third-order valence-electron chi connectivity index (χ3n) is 1.55. The lowest BCUT2D eigenvalue weighted by atomic mass is 10.1. The highest BCUT2D eigenvalue weighted by molar-refractivity contribution is 6.32. The zero-order valence-corrected chi connectivity index (χ0v) is 7.99. The van der Waals surface area contributed by atoms with Crippen LogP contribution in [0, 0.1) is 0 Å². The number of alkyl halides is 3. The van der Waals surface area contributed by atoms with E-state index in [1.54, 1.807) is 0 Å². The predicted molar refractivity (Wildman–Crippen MR) is 49.7 cm³/mol. The number of halogens is 4. The van der Waals surface area contributed by atoms with Crippen molar-refractivity contribution in [2.75, 3.05) is 5.32 Å². The summed E-state index contributed by atoms with van der Waals surface area (Å²) in [6.07, 6.45) is -4.64. The molecule has 0 aliphatic carbocycles. The van der Waals surface area contributed by atoms with Crippen LogP contribution in [-0.4, -0.2) is 6.03 Å². The number of hydrogen-bond acceptors (Lipinski definition) is 1. The Labute approximate surface area is 88.0 Å². The molecule has 0 spiro atoms. The highest BCUT2D eigenvalue weighted by Crippen LogP contribution is 2.39. The molecule has 0 aliphatic rings. The Hall–Kier alpha value is -1.43. The van der Waals surface area contributed by atoms with Gasteiger partial charge in [-0.2, -0.15) is 13.2 Å². The van der Waals surface area contributed by atoms with Gasteiger partial charge >= 0.3 is 12.2 Å². The number of carbonyl (C=O) groups excluding carboxylic acids is 1. The van der Waals surface area contributed by atoms with E-state index in [0.29, 0.717) is 0 Å². The fraction of sp³-hybridized carbons (Fsp3) is 0.125. The monoisotopic (exact) mass is 238 g/mol. The maximum Gasteiger partial charge on any atom is 0.419 e. The first kappa shape index (κ1) is 11.6. The smallest absolute Gasteiger partial charge is 0.351 e. The van der Waals surface area contributed by atoms with Gasteiger partial charge in [-0.05, 0) is 12.1 Å². The van der Waals surface area contributed by atoms with Crippen molar-refractivity contribution in [2.45, 2.75) is 6.18 Å². The largest absolute Gasteiger partial charge is 0.419 e. The summed E-state index contributed by atoms with van der Waals surface area (Å²) in [7, 11) is 0. The Morgan fingerprint density at radius 3 is 2.47 bits per heavy atom. The topological polar surface area (TPSA) is 55.1 Å². The van der Waals surface area contributed by atoms with Crippen molar-refractivity contribution < 1.29 is 18.0 Å². The first-order chi connectivity index (χ1) is 6.82. The van der Waals surface area contributed by atoms with Crippen molar-refractivity contribution in [3.63, 3.8) is 0 Å². The molecular formula is C8H6ClF3N2O. The fourth-order valence-corrected chi connectivity index (χ4v) is 1.33. The highest BCUT2D eigenvalue weighted by atomic mass is 35.5. The third-order valence-corrected chi connectivity index (χ3v) is 1.87. The van der Waals surface area contributed by atoms with E-state index in [4.69, 9.17) is 17.3 Å². The lowest BCUT2D eigenvalue weighted by molar-refractivity contribution is -0.136. The van der Waals surface area contributed by atoms with Crippen LogP contribution in [0.15, 0.2) is 18.2 Å². The van der Waals surface area contributed by atoms with Crippen LogP contribution in [0.5, 0.6) is 0 Å². The molecule has 0 unspecified atom stereocenters. The molecule has 0 fully saturated rings. The molecule has 0 bridgehead atoms. The minimum atomic E-state index is -4.64. The van der Waals surface area contributed by atoms with E-state index >= 15 is 0 Å². The van der Waals surface area contributed by atoms with E-state index < -0.39 is 28.5 Å². The number of nitrogens with two attached hydrogens (primary N) is 1. The number of nitrogens with one attached hydrogen (secondary N) is 1. The van der Waals surface area contributed by atoms with E-state index in [2.05, 4.69) is 0 Å². The lowest BCUT2D eigenvalue weighted by Gasteiger charge is -2.13. The van der Waals surface area contributed by atoms with Crippen LogP contribution in [-0.2, 0) is 6.18 Å². The van der Waals surface area contributed by atoms with Crippen molar-refractivity contribution in [2.24, 2.45) is 5.73 Å². The maximum absolute atomic E-state index is 12.5. The summed E-state index contributed by atoms with van der Waals surface area (Å²) in [5, 5.41) is 1.36. The number of rotatable bonds is 1. The number of benzene rings is 1. The van der Waals surface area contributed by atoms with Crippen molar-refractivity contribution >= 4 is 23.3 Å². The Morgan fingerprint density at radius 1 is 1.40 bits per heavy atom. The molecule has 1 rings (SSSR count). The molecule has 3 N–H and O–H groups in total. The molecule has 0 heterocycles. The van der Waals surface area contributed by atoms with E-state index in [0.717, 1.165) is 12.1 Å². The first-order valence-electron chi connectivity index (χ1n) is 3.74. The van der Waals surface area contributed by atoms with Crippen LogP contribution in [0.1, 0.15) is 5.56 Å². The predicted octanol–water partition coefficient (Wildman–Crippen LogP) is 2.85. The molecule has 7 heteroatoms. The molecule has 1 aromatic rings. The Morgan fingerprint density at radius 2 is 2.00 bits per heavy atom. The second-order valence-electron chi connectivity index (χ2n) is 2.65. The van der Waals surface area contributed by atoms with E-state index in [9.17, 15) is 18.0 Å². The molecule has 0 atom stereocenters. The summed E-state index contributed by atoms with van der Waals surface area (Å²) in [6, 6.07) is 2.35. The van der Waals surface area contributed by atoms with Gasteiger partial charge in [-0.1, -0.05) is 17.7 Å². The van der Waals surface area contributed by atoms with Gasteiger partial charge in [-0.3, -0.25) is 0 Å². The van der Waals surface area contributed by atoms with Gasteiger partial charge < -0.3 is 11.1 Å². The molecule has 0 aromatic heterocycles. The van der Waals surface area contributed by atoms with Gasteiger partial charge in [-0.15, -0.1) is 0 Å². The van der Waals surface area contributed by atoms with Gasteiger partial charge in [0, 0.05) is 0 Å². The summed E-state index contributed by atoms with van der Waals surface area (Å²) in [5.74, 6) is 0. The minimum Gasteiger partial charge on any atom is -0.351 e. The van der Waals surface area contributed by atoms with Gasteiger partial charge in [0.2, 0.25) is 0 Å². The molecule has 2 amide bonds. The van der Waals surface area contributed by atoms with Crippen molar-refractivity contribution in [1.29, 1.82) is 0 Å². The average molecular weight is 239 g/mol. The van der Waals surface area contributed by atoms with Crippen molar-refractivity contribution in [3.8, 4) is 0 Å². The van der Waals surface area contributed by atoms with E-state index in [1.165, 1.54) is 6.07 Å². The summed E-state index contributed by atoms with van der Waals surface area (Å²) >= 11 is 5.39. The second kappa shape index (κ2) is 3.98. The molecule has 15 heavy (non-hydrogen) atoms. The fourth-order valence-electron chi connectivity index (χ4n) is 1.05. The van der Waals surface area contributed by atoms with Gasteiger partial charge in [0.15, 0.2) is 0 Å². The normalized spacial score (nSPS) is 11.2. The minimum absolute atomic E-state index is 0.456. The number of primary amides is 1. The zero-order chi connectivity index (χ0) is 11.6. The van der Waals surface area contributed by atoms with Gasteiger partial charge in [-0.25, -0.2) is 4.79 Å². The summed E-state index contributed by atoms with van der Waals surface area (Å²) in [6.45, 7) is 0. The van der Waals surface area contributed by atoms with E-state index in [-0.39, 0.29) is 0 Å². The third kappa shape index (κ3) is 2.76. The summed E-state index contributed by atoms with van der Waals surface area (Å²) < 4.78 is 37.4. The molecule has 0 aliphatic heterocycles. The standard InChI is InChI=1S/C8H6ClF3N2O/c9-4-2-1-3-5(14-7(13)15)6(4)8(10,11)12/h1-3H,(H3,13,14,15). The summed E-state index contributed by atoms with van der Waals surface area (Å²) in [4.78, 5) is 10.5. The molecule has 82 valence electrons. The van der Waals surface area contributed by atoms with Gasteiger partial charge in [0.1, 0.15) is 0 Å². The van der Waals surface area contributed by atoms with Crippen LogP contribution < -0.4 is 11.1 Å². The van der Waals surface area contributed by atoms with Gasteiger partial charge in [0.25, 0.3) is 0 Å².